The van der Waals surface area contributed by atoms with Gasteiger partial charge in [-0.05, 0) is 117 Å². The minimum Gasteiger partial charge on any atom is -0.456 e. The summed E-state index contributed by atoms with van der Waals surface area (Å²) in [6.45, 7) is 17.7. The summed E-state index contributed by atoms with van der Waals surface area (Å²) < 4.78 is 23.6. The molecular weight excluding hydrogens is 985 g/mol. The van der Waals surface area contributed by atoms with E-state index in [1.165, 1.54) is 36.5 Å². The molecule has 0 bridgehead atoms. The first-order valence-corrected chi connectivity index (χ1v) is 29.2. The number of nitrogens with zero attached hydrogens (tertiary/aromatic N) is 3. The number of unbranched alkanes of at least 4 members (excludes halogenated alkanes) is 4. The number of carbonyl (C=O) groups is 4. The Morgan fingerprint density at radius 2 is 1.55 bits per heavy atom. The maximum absolute atomic E-state index is 13.8. The molecule has 1 amide bonds. The molecule has 4 aliphatic heterocycles. The van der Waals surface area contributed by atoms with Gasteiger partial charge < -0.3 is 39.0 Å². The van der Waals surface area contributed by atoms with Gasteiger partial charge in [0.2, 0.25) is 5.91 Å². The van der Waals surface area contributed by atoms with Crippen molar-refractivity contribution in [1.82, 2.24) is 15.1 Å². The lowest BCUT2D eigenvalue weighted by Gasteiger charge is -2.37. The SMILES string of the molecule is CCCN(CCCCCSCCNC(=O)CCCCCN1C2=CCCC=C2C(C)(C)C1/C=C/C=C1/N(C)C2=CC=CCC2C1(C)C)c1ccc2c(c1)C1(OC2=O)c2ccc(OC(C)=O)cc2Oc2cc(OC(C)=O)ccc21. The van der Waals surface area contributed by atoms with E-state index in [2.05, 4.69) is 116 Å². The zero-order chi connectivity index (χ0) is 54.5. The molecule has 1 spiro atoms. The number of benzene rings is 3. The van der Waals surface area contributed by atoms with Gasteiger partial charge in [-0.2, -0.15) is 11.8 Å². The molecule has 3 aromatic rings. The molecule has 12 nitrogen and oxygen atoms in total. The number of ether oxygens (including phenoxy) is 4. The molecule has 0 aromatic heterocycles. The third-order valence-corrected chi connectivity index (χ3v) is 17.4. The second-order valence-corrected chi connectivity index (χ2v) is 23.6. The van der Waals surface area contributed by atoms with Crippen LogP contribution in [0.1, 0.15) is 146 Å². The van der Waals surface area contributed by atoms with E-state index in [9.17, 15) is 19.2 Å². The summed E-state index contributed by atoms with van der Waals surface area (Å²) in [5, 5.41) is 3.17. The number of thioether (sulfide) groups is 1. The summed E-state index contributed by atoms with van der Waals surface area (Å²) in [5.41, 5.74) is 7.71. The number of carbonyl (C=O) groups excluding carboxylic acids is 4. The van der Waals surface area contributed by atoms with Crippen molar-refractivity contribution in [3.05, 3.63) is 148 Å². The molecule has 1 N–H and O–H groups in total. The van der Waals surface area contributed by atoms with E-state index in [1.54, 1.807) is 36.4 Å². The number of amides is 1. The van der Waals surface area contributed by atoms with E-state index in [0.29, 0.717) is 52.6 Å². The Kier molecular flexibility index (Phi) is 17.0. The summed E-state index contributed by atoms with van der Waals surface area (Å²) >= 11 is 1.89. The van der Waals surface area contributed by atoms with Crippen LogP contribution in [0.25, 0.3) is 0 Å². The number of fused-ring (bicyclic) bond motifs is 8. The van der Waals surface area contributed by atoms with Crippen molar-refractivity contribution in [3.8, 4) is 23.0 Å². The number of allylic oxidation sites excluding steroid dienone is 10. The van der Waals surface area contributed by atoms with Crippen LogP contribution in [0.5, 0.6) is 23.0 Å². The van der Waals surface area contributed by atoms with Gasteiger partial charge in [-0.3, -0.25) is 14.4 Å². The first-order chi connectivity index (χ1) is 37.0. The Bertz CT molecular complexity index is 2880. The quantitative estimate of drug-likeness (QED) is 0.0585. The van der Waals surface area contributed by atoms with Crippen LogP contribution < -0.4 is 24.4 Å². The molecule has 0 saturated carbocycles. The van der Waals surface area contributed by atoms with Gasteiger partial charge in [-0.1, -0.05) is 83.9 Å². The summed E-state index contributed by atoms with van der Waals surface area (Å²) in [7, 11) is 2.22. The molecule has 9 rings (SSSR count). The van der Waals surface area contributed by atoms with Crippen LogP contribution in [0.2, 0.25) is 0 Å². The van der Waals surface area contributed by atoms with Gasteiger partial charge in [0.05, 0.1) is 11.6 Å². The third-order valence-electron chi connectivity index (χ3n) is 16.4. The lowest BCUT2D eigenvalue weighted by atomic mass is 9.75. The first kappa shape index (κ1) is 55.3. The monoisotopic (exact) mass is 1060 g/mol. The number of hydrogen-bond donors (Lipinski definition) is 1. The Morgan fingerprint density at radius 3 is 2.25 bits per heavy atom. The van der Waals surface area contributed by atoms with Crippen LogP contribution in [-0.4, -0.2) is 84.4 Å². The van der Waals surface area contributed by atoms with E-state index in [4.69, 9.17) is 18.9 Å². The van der Waals surface area contributed by atoms with Crippen LogP contribution in [0.4, 0.5) is 5.69 Å². The highest BCUT2D eigenvalue weighted by Crippen LogP contribution is 2.58. The molecule has 2 fully saturated rings. The van der Waals surface area contributed by atoms with Gasteiger partial charge in [-0.15, -0.1) is 0 Å². The molecule has 13 heteroatoms. The minimum absolute atomic E-state index is 0.0166. The van der Waals surface area contributed by atoms with Gasteiger partial charge in [0.1, 0.15) is 23.0 Å². The second-order valence-electron chi connectivity index (χ2n) is 22.4. The highest BCUT2D eigenvalue weighted by atomic mass is 32.2. The van der Waals surface area contributed by atoms with Gasteiger partial charge >= 0.3 is 17.9 Å². The maximum Gasteiger partial charge on any atom is 0.340 e. The predicted molar refractivity (Wildman–Crippen MR) is 306 cm³/mol. The van der Waals surface area contributed by atoms with Crippen LogP contribution in [0, 0.1) is 16.7 Å². The number of anilines is 1. The van der Waals surface area contributed by atoms with Crippen molar-refractivity contribution < 1.29 is 38.1 Å². The fraction of sp³-hybridized carbons (Fsp3) is 0.469. The highest BCUT2D eigenvalue weighted by molar-refractivity contribution is 7.99. The standard InChI is InChI=1S/C64H78N4O8S/c1-9-35-67(45-28-31-48-53(40-45)64(76-61(48)72)51-32-29-46(73-43(2)69)41-56(51)75-57-42-47(74-44(3)70)30-33-52(57)64)36-17-11-19-38-77-39-34-65-60(71)27-12-10-18-37-68-55-24-16-14-22-50(55)63(6,7)59(68)26-20-25-58-62(4,5)49-21-13-15-23-54(49)66(58)8/h13,15,20,22-26,28-33,40-42,49,59H,9-12,14,16-19,21,27,34-39H2,1-8H3,(H,65,71)/b26-20+,58-25+. The molecule has 0 radical (unpaired) electrons. The smallest absolute Gasteiger partial charge is 0.340 e. The molecule has 2 atom stereocenters. The van der Waals surface area contributed by atoms with Crippen molar-refractivity contribution in [3.63, 3.8) is 0 Å². The van der Waals surface area contributed by atoms with Crippen LogP contribution >= 0.6 is 11.8 Å². The number of hydrogen-bond acceptors (Lipinski definition) is 12. The number of nitrogens with one attached hydrogen (secondary N) is 1. The van der Waals surface area contributed by atoms with Crippen molar-refractivity contribution in [2.75, 3.05) is 49.6 Å². The summed E-state index contributed by atoms with van der Waals surface area (Å²) in [6.07, 6.45) is 29.7. The van der Waals surface area contributed by atoms with Crippen molar-refractivity contribution in [1.29, 1.82) is 0 Å². The lowest BCUT2D eigenvalue weighted by Crippen LogP contribution is -2.35. The number of esters is 3. The molecule has 2 saturated heterocycles. The summed E-state index contributed by atoms with van der Waals surface area (Å²) in [6, 6.07) is 16.3. The van der Waals surface area contributed by atoms with E-state index < -0.39 is 23.5 Å². The molecule has 2 aliphatic carbocycles. The fourth-order valence-corrected chi connectivity index (χ4v) is 13.5. The summed E-state index contributed by atoms with van der Waals surface area (Å²) in [5.74, 6) is 2.42. The zero-order valence-electron chi connectivity index (χ0n) is 46.5. The van der Waals surface area contributed by atoms with E-state index in [0.717, 1.165) is 101 Å². The normalized spacial score (nSPS) is 20.3. The third kappa shape index (κ3) is 11.4. The summed E-state index contributed by atoms with van der Waals surface area (Å²) in [4.78, 5) is 57.9. The second kappa shape index (κ2) is 23.6. The van der Waals surface area contributed by atoms with E-state index >= 15 is 0 Å². The zero-order valence-corrected chi connectivity index (χ0v) is 47.3. The fourth-order valence-electron chi connectivity index (χ4n) is 12.6. The van der Waals surface area contributed by atoms with Gasteiger partial charge in [0.15, 0.2) is 5.60 Å². The van der Waals surface area contributed by atoms with Crippen LogP contribution in [0.15, 0.2) is 126 Å². The molecule has 6 aliphatic rings. The Hall–Kier alpha value is -6.47. The van der Waals surface area contributed by atoms with E-state index in [-0.39, 0.29) is 34.3 Å². The molecule has 3 aromatic carbocycles. The minimum atomic E-state index is -1.37. The Morgan fingerprint density at radius 1 is 0.831 bits per heavy atom. The first-order valence-electron chi connectivity index (χ1n) is 28.0. The average Bonchev–Trinajstić information content (AvgIpc) is 3.92. The number of rotatable bonds is 22. The van der Waals surface area contributed by atoms with Gasteiger partial charge in [0.25, 0.3) is 0 Å². The molecule has 4 heterocycles. The van der Waals surface area contributed by atoms with Gasteiger partial charge in [-0.25, -0.2) is 4.79 Å². The van der Waals surface area contributed by atoms with Crippen LogP contribution in [-0.2, 0) is 24.7 Å². The Balaban J connectivity index is 0.722. The molecule has 2 unspecified atom stereocenters. The molecular formula is C64H78N4O8S. The topological polar surface area (TPSA) is 127 Å². The lowest BCUT2D eigenvalue weighted by molar-refractivity contribution is -0.132. The largest absolute Gasteiger partial charge is 0.456 e. The van der Waals surface area contributed by atoms with Crippen molar-refractivity contribution in [2.24, 2.45) is 16.7 Å². The van der Waals surface area contributed by atoms with Gasteiger partial charge in [0, 0.05) is 128 Å². The molecule has 77 heavy (non-hydrogen) atoms. The van der Waals surface area contributed by atoms with Crippen molar-refractivity contribution >= 4 is 41.3 Å². The Labute approximate surface area is 460 Å². The average molecular weight is 1060 g/mol. The molecule has 408 valence electrons. The highest BCUT2D eigenvalue weighted by Gasteiger charge is 2.54. The number of likely N-dealkylation sites (tertiary alicyclic amines) is 2. The van der Waals surface area contributed by atoms with E-state index in [1.807, 2.05) is 23.9 Å². The predicted octanol–water partition coefficient (Wildman–Crippen LogP) is 13.1. The van der Waals surface area contributed by atoms with Crippen LogP contribution in [0.3, 0.4) is 0 Å². The van der Waals surface area contributed by atoms with Crippen molar-refractivity contribution in [2.45, 2.75) is 131 Å². The maximum atomic E-state index is 13.8.